The highest BCUT2D eigenvalue weighted by atomic mass is 32.1. The maximum absolute atomic E-state index is 13.7. The summed E-state index contributed by atoms with van der Waals surface area (Å²) in [5.74, 6) is 0.193. The average molecular weight is 569 g/mol. The van der Waals surface area contributed by atoms with Gasteiger partial charge in [0.25, 0.3) is 5.91 Å². The number of likely N-dealkylation sites (tertiary alicyclic amines) is 1. The fraction of sp³-hybridized carbons (Fsp3) is 0.464. The van der Waals surface area contributed by atoms with Gasteiger partial charge in [-0.25, -0.2) is 19.3 Å². The van der Waals surface area contributed by atoms with E-state index >= 15 is 0 Å². The molecule has 2 aliphatic rings. The van der Waals surface area contributed by atoms with Crippen molar-refractivity contribution in [3.63, 3.8) is 0 Å². The van der Waals surface area contributed by atoms with E-state index in [1.165, 1.54) is 24.6 Å². The summed E-state index contributed by atoms with van der Waals surface area (Å²) in [4.78, 5) is 43.0. The van der Waals surface area contributed by atoms with Gasteiger partial charge in [0.1, 0.15) is 23.9 Å². The van der Waals surface area contributed by atoms with Gasteiger partial charge in [0.05, 0.1) is 31.1 Å². The minimum atomic E-state index is -0.768. The second-order valence-corrected chi connectivity index (χ2v) is 11.5. The molecule has 0 unspecified atom stereocenters. The summed E-state index contributed by atoms with van der Waals surface area (Å²) in [5.41, 5.74) is 2.08. The van der Waals surface area contributed by atoms with Crippen molar-refractivity contribution in [2.24, 2.45) is 11.8 Å². The van der Waals surface area contributed by atoms with E-state index in [1.54, 1.807) is 18.3 Å². The summed E-state index contributed by atoms with van der Waals surface area (Å²) >= 11 is 1.40. The standard InChI is InChI=1S/C28H33FN6O4S/c1-17-5-8-34(15-17)16-23-25(19-3-4-22(39-2)20(11-19)12-29)32-28(40-23)33-26(36)21-13-31-24(14-30-21)35-9-6-18(7-10-35)27(37)38/h3-4,11,13-14,17-18H,5-10,12,15-16H2,1-2H3,(H,37,38)(H,32,33,36)/t17-/m1/s1. The molecule has 2 saturated heterocycles. The van der Waals surface area contributed by atoms with Gasteiger partial charge >= 0.3 is 5.97 Å². The minimum Gasteiger partial charge on any atom is -0.496 e. The molecule has 1 atom stereocenters. The summed E-state index contributed by atoms with van der Waals surface area (Å²) in [6.45, 7) is 5.41. The number of ether oxygens (including phenoxy) is 1. The molecule has 0 spiro atoms. The third-order valence-electron chi connectivity index (χ3n) is 7.53. The van der Waals surface area contributed by atoms with Crippen LogP contribution >= 0.6 is 11.3 Å². The van der Waals surface area contributed by atoms with Crippen molar-refractivity contribution in [1.82, 2.24) is 19.9 Å². The van der Waals surface area contributed by atoms with E-state index in [9.17, 15) is 19.1 Å². The van der Waals surface area contributed by atoms with E-state index < -0.39 is 18.6 Å². The molecule has 0 bridgehead atoms. The van der Waals surface area contributed by atoms with Crippen LogP contribution in [0.4, 0.5) is 15.3 Å². The highest BCUT2D eigenvalue weighted by Gasteiger charge is 2.26. The van der Waals surface area contributed by atoms with Crippen LogP contribution < -0.4 is 15.0 Å². The predicted molar refractivity (Wildman–Crippen MR) is 151 cm³/mol. The van der Waals surface area contributed by atoms with Crippen LogP contribution in [0, 0.1) is 11.8 Å². The minimum absolute atomic E-state index is 0.153. The molecule has 1 amide bonds. The Morgan fingerprint density at radius 3 is 2.60 bits per heavy atom. The molecule has 0 radical (unpaired) electrons. The number of carbonyl (C=O) groups excluding carboxylic acids is 1. The third kappa shape index (κ3) is 6.23. The smallest absolute Gasteiger partial charge is 0.306 e. The monoisotopic (exact) mass is 568 g/mol. The third-order valence-corrected chi connectivity index (χ3v) is 8.49. The molecule has 2 fully saturated rings. The lowest BCUT2D eigenvalue weighted by atomic mass is 9.97. The predicted octanol–water partition coefficient (Wildman–Crippen LogP) is 4.47. The number of carbonyl (C=O) groups is 2. The maximum atomic E-state index is 13.7. The normalized spacial score (nSPS) is 18.2. The number of amides is 1. The van der Waals surface area contributed by atoms with Crippen LogP contribution in [0.25, 0.3) is 11.3 Å². The van der Waals surface area contributed by atoms with Gasteiger partial charge in [-0.05, 0) is 49.9 Å². The Kier molecular flexibility index (Phi) is 8.55. The fourth-order valence-electron chi connectivity index (χ4n) is 5.26. The van der Waals surface area contributed by atoms with Gasteiger partial charge in [0.2, 0.25) is 0 Å². The first kappa shape index (κ1) is 27.9. The van der Waals surface area contributed by atoms with Crippen molar-refractivity contribution in [2.45, 2.75) is 39.4 Å². The number of nitrogens with one attached hydrogen (secondary N) is 1. The number of halogens is 1. The molecule has 40 heavy (non-hydrogen) atoms. The van der Waals surface area contributed by atoms with Crippen LogP contribution in [0.2, 0.25) is 0 Å². The number of anilines is 2. The second kappa shape index (κ2) is 12.3. The largest absolute Gasteiger partial charge is 0.496 e. The van der Waals surface area contributed by atoms with Gasteiger partial charge in [-0.2, -0.15) is 0 Å². The molecule has 0 aliphatic carbocycles. The molecule has 12 heteroatoms. The van der Waals surface area contributed by atoms with Gasteiger partial charge in [0.15, 0.2) is 5.13 Å². The summed E-state index contributed by atoms with van der Waals surface area (Å²) in [6.07, 6.45) is 5.19. The number of hydrogen-bond acceptors (Lipinski definition) is 9. The van der Waals surface area contributed by atoms with Gasteiger partial charge in [-0.1, -0.05) is 18.3 Å². The summed E-state index contributed by atoms with van der Waals surface area (Å²) < 4.78 is 19.0. The number of hydrogen-bond donors (Lipinski definition) is 2. The summed E-state index contributed by atoms with van der Waals surface area (Å²) in [5, 5.41) is 12.5. The molecule has 0 saturated carbocycles. The summed E-state index contributed by atoms with van der Waals surface area (Å²) in [6, 6.07) is 5.35. The molecule has 5 rings (SSSR count). The van der Waals surface area contributed by atoms with Crippen molar-refractivity contribution in [2.75, 3.05) is 43.5 Å². The van der Waals surface area contributed by atoms with E-state index in [0.29, 0.717) is 66.4 Å². The Morgan fingerprint density at radius 1 is 1.18 bits per heavy atom. The van der Waals surface area contributed by atoms with E-state index in [0.717, 1.165) is 30.0 Å². The fourth-order valence-corrected chi connectivity index (χ4v) is 6.28. The maximum Gasteiger partial charge on any atom is 0.306 e. The highest BCUT2D eigenvalue weighted by Crippen LogP contribution is 2.36. The van der Waals surface area contributed by atoms with Crippen LogP contribution in [0.3, 0.4) is 0 Å². The second-order valence-electron chi connectivity index (χ2n) is 10.4. The molecular weight excluding hydrogens is 535 g/mol. The van der Waals surface area contributed by atoms with Crippen molar-refractivity contribution in [1.29, 1.82) is 0 Å². The van der Waals surface area contributed by atoms with Crippen LogP contribution in [0.1, 0.15) is 47.1 Å². The number of rotatable bonds is 9. The lowest BCUT2D eigenvalue weighted by Gasteiger charge is -2.30. The van der Waals surface area contributed by atoms with Crippen molar-refractivity contribution in [3.05, 3.63) is 46.7 Å². The van der Waals surface area contributed by atoms with Gasteiger partial charge in [-0.15, -0.1) is 0 Å². The molecule has 212 valence electrons. The van der Waals surface area contributed by atoms with Crippen molar-refractivity contribution < 1.29 is 23.8 Å². The summed E-state index contributed by atoms with van der Waals surface area (Å²) in [7, 11) is 1.52. The first-order chi connectivity index (χ1) is 19.3. The van der Waals surface area contributed by atoms with Crippen LogP contribution in [-0.2, 0) is 18.0 Å². The number of aliphatic carboxylic acids is 1. The van der Waals surface area contributed by atoms with Gasteiger partial charge in [-0.3, -0.25) is 19.8 Å². The zero-order valence-corrected chi connectivity index (χ0v) is 23.4. The molecule has 3 aromatic rings. The number of alkyl halides is 1. The molecule has 10 nitrogen and oxygen atoms in total. The van der Waals surface area contributed by atoms with Gasteiger partial charge in [0, 0.05) is 42.2 Å². The lowest BCUT2D eigenvalue weighted by molar-refractivity contribution is -0.142. The van der Waals surface area contributed by atoms with Crippen LogP contribution in [0.15, 0.2) is 30.6 Å². The Balaban J connectivity index is 1.33. The Bertz CT molecular complexity index is 1360. The van der Waals surface area contributed by atoms with E-state index in [1.807, 2.05) is 11.0 Å². The highest BCUT2D eigenvalue weighted by molar-refractivity contribution is 7.16. The first-order valence-corrected chi connectivity index (χ1v) is 14.2. The molecular formula is C28H33FN6O4S. The van der Waals surface area contributed by atoms with Crippen molar-refractivity contribution >= 4 is 34.2 Å². The Hall–Kier alpha value is -3.64. The number of benzene rings is 1. The quantitative estimate of drug-likeness (QED) is 0.385. The Morgan fingerprint density at radius 2 is 1.98 bits per heavy atom. The molecule has 4 heterocycles. The number of nitrogens with zero attached hydrogens (tertiary/aromatic N) is 5. The number of piperidine rings is 1. The van der Waals surface area contributed by atoms with E-state index in [2.05, 4.69) is 27.1 Å². The lowest BCUT2D eigenvalue weighted by Crippen LogP contribution is -2.36. The number of carboxylic acid groups (broad SMARTS) is 1. The molecule has 2 aromatic heterocycles. The number of aromatic nitrogens is 3. The molecule has 2 aliphatic heterocycles. The zero-order valence-electron chi connectivity index (χ0n) is 22.6. The zero-order chi connectivity index (χ0) is 28.2. The van der Waals surface area contributed by atoms with E-state index in [4.69, 9.17) is 9.72 Å². The van der Waals surface area contributed by atoms with Crippen LogP contribution in [0.5, 0.6) is 5.75 Å². The molecule has 1 aromatic carbocycles. The van der Waals surface area contributed by atoms with Crippen LogP contribution in [-0.4, -0.2) is 70.1 Å². The number of thiazole rings is 1. The van der Waals surface area contributed by atoms with Crippen molar-refractivity contribution in [3.8, 4) is 17.0 Å². The SMILES string of the molecule is COc1ccc(-c2nc(NC(=O)c3cnc(N4CCC(C(=O)O)CC4)cn3)sc2CN2CC[C@@H](C)C2)cc1CF. The topological polar surface area (TPSA) is 121 Å². The van der Waals surface area contributed by atoms with E-state index in [-0.39, 0.29) is 11.6 Å². The number of carboxylic acids is 1. The average Bonchev–Trinajstić information content (AvgIpc) is 3.57. The van der Waals surface area contributed by atoms with Gasteiger partial charge < -0.3 is 14.7 Å². The first-order valence-electron chi connectivity index (χ1n) is 13.4. The Labute approximate surface area is 236 Å². The number of methoxy groups -OCH3 is 1. The molecule has 2 N–H and O–H groups in total.